The molecular formula is C15H11NS. The average Bonchev–Trinajstić information content (AvgIpc) is 2.40. The van der Waals surface area contributed by atoms with E-state index in [4.69, 9.17) is 5.26 Å². The molecule has 0 aromatic heterocycles. The Labute approximate surface area is 105 Å². The lowest BCUT2D eigenvalue weighted by Crippen LogP contribution is -1.80. The van der Waals surface area contributed by atoms with Crippen LogP contribution >= 0.6 is 11.8 Å². The summed E-state index contributed by atoms with van der Waals surface area (Å²) in [6, 6.07) is 19.7. The second kappa shape index (κ2) is 5.38. The van der Waals surface area contributed by atoms with Gasteiger partial charge in [0.2, 0.25) is 0 Å². The zero-order valence-electron chi connectivity index (χ0n) is 9.26. The van der Waals surface area contributed by atoms with Crippen molar-refractivity contribution in [1.29, 1.82) is 5.26 Å². The molecule has 2 aromatic rings. The van der Waals surface area contributed by atoms with Crippen LogP contribution in [0.5, 0.6) is 0 Å². The molecule has 0 aliphatic carbocycles. The van der Waals surface area contributed by atoms with Crippen LogP contribution in [0, 0.1) is 11.3 Å². The minimum Gasteiger partial charge on any atom is -0.192 e. The number of hydrogen-bond acceptors (Lipinski definition) is 2. The van der Waals surface area contributed by atoms with Crippen molar-refractivity contribution < 1.29 is 0 Å². The minimum atomic E-state index is 0.672. The third-order valence-corrected chi connectivity index (χ3v) is 3.31. The summed E-state index contributed by atoms with van der Waals surface area (Å²) in [7, 11) is 0. The maximum Gasteiger partial charge on any atom is 0.0991 e. The average molecular weight is 237 g/mol. The second-order valence-electron chi connectivity index (χ2n) is 3.53. The Balaban J connectivity index is 2.13. The van der Waals surface area contributed by atoms with E-state index in [0.717, 1.165) is 10.5 Å². The molecule has 82 valence electrons. The van der Waals surface area contributed by atoms with Crippen molar-refractivity contribution in [2.75, 3.05) is 0 Å². The molecule has 0 aliphatic heterocycles. The Morgan fingerprint density at radius 3 is 2.24 bits per heavy atom. The molecule has 0 aliphatic rings. The van der Waals surface area contributed by atoms with E-state index in [0.29, 0.717) is 5.56 Å². The fourth-order valence-electron chi connectivity index (χ4n) is 1.42. The van der Waals surface area contributed by atoms with Gasteiger partial charge in [0.25, 0.3) is 0 Å². The molecule has 2 aromatic carbocycles. The second-order valence-corrected chi connectivity index (χ2v) is 4.70. The fourth-order valence-corrected chi connectivity index (χ4v) is 2.25. The molecule has 2 heteroatoms. The molecule has 0 spiro atoms. The monoisotopic (exact) mass is 237 g/mol. The van der Waals surface area contributed by atoms with E-state index in [1.165, 1.54) is 4.90 Å². The molecule has 0 fully saturated rings. The third kappa shape index (κ3) is 2.99. The highest BCUT2D eigenvalue weighted by molar-refractivity contribution is 8.08. The van der Waals surface area contributed by atoms with Gasteiger partial charge in [-0.1, -0.05) is 48.7 Å². The van der Waals surface area contributed by atoms with Gasteiger partial charge in [0.15, 0.2) is 0 Å². The van der Waals surface area contributed by atoms with Gasteiger partial charge < -0.3 is 0 Å². The highest BCUT2D eigenvalue weighted by Crippen LogP contribution is 2.32. The molecule has 1 nitrogen and oxygen atoms in total. The summed E-state index contributed by atoms with van der Waals surface area (Å²) >= 11 is 1.63. The molecule has 17 heavy (non-hydrogen) atoms. The van der Waals surface area contributed by atoms with Crippen LogP contribution in [0.2, 0.25) is 0 Å². The van der Waals surface area contributed by atoms with Crippen molar-refractivity contribution in [3.63, 3.8) is 0 Å². The summed E-state index contributed by atoms with van der Waals surface area (Å²) in [5.41, 5.74) is 1.73. The lowest BCUT2D eigenvalue weighted by atomic mass is 10.1. The van der Waals surface area contributed by atoms with E-state index in [1.807, 2.05) is 42.5 Å². The summed E-state index contributed by atoms with van der Waals surface area (Å²) < 4.78 is 0. The smallest absolute Gasteiger partial charge is 0.0991 e. The van der Waals surface area contributed by atoms with E-state index >= 15 is 0 Å². The number of rotatable bonds is 3. The van der Waals surface area contributed by atoms with Gasteiger partial charge >= 0.3 is 0 Å². The molecule has 2 rings (SSSR count). The van der Waals surface area contributed by atoms with Gasteiger partial charge in [0.1, 0.15) is 0 Å². The van der Waals surface area contributed by atoms with E-state index in [1.54, 1.807) is 11.8 Å². The van der Waals surface area contributed by atoms with Gasteiger partial charge in [0, 0.05) is 9.80 Å². The molecule has 0 amide bonds. The van der Waals surface area contributed by atoms with Crippen LogP contribution in [0.4, 0.5) is 0 Å². The van der Waals surface area contributed by atoms with Crippen LogP contribution in [0.1, 0.15) is 11.1 Å². The quantitative estimate of drug-likeness (QED) is 0.742. The zero-order chi connectivity index (χ0) is 12.1. The van der Waals surface area contributed by atoms with Crippen molar-refractivity contribution >= 4 is 16.7 Å². The first-order valence-electron chi connectivity index (χ1n) is 5.22. The maximum absolute atomic E-state index is 8.72. The highest BCUT2D eigenvalue weighted by atomic mass is 32.2. The molecule has 0 saturated carbocycles. The van der Waals surface area contributed by atoms with Crippen LogP contribution < -0.4 is 0 Å². The number of thioether (sulfide) groups is 1. The van der Waals surface area contributed by atoms with Crippen molar-refractivity contribution in [1.82, 2.24) is 0 Å². The summed E-state index contributed by atoms with van der Waals surface area (Å²) in [5, 5.41) is 8.72. The molecule has 0 saturated heterocycles. The number of hydrogen-bond donors (Lipinski definition) is 0. The molecule has 0 heterocycles. The Bertz CT molecular complexity index is 550. The maximum atomic E-state index is 8.72. The first-order valence-corrected chi connectivity index (χ1v) is 6.03. The van der Waals surface area contributed by atoms with Crippen LogP contribution in [-0.4, -0.2) is 0 Å². The third-order valence-electron chi connectivity index (χ3n) is 2.32. The highest BCUT2D eigenvalue weighted by Gasteiger charge is 2.01. The largest absolute Gasteiger partial charge is 0.192 e. The Kier molecular flexibility index (Phi) is 3.64. The summed E-state index contributed by atoms with van der Waals surface area (Å²) in [6.45, 7) is 4.06. The van der Waals surface area contributed by atoms with Crippen LogP contribution in [0.25, 0.3) is 4.91 Å². The van der Waals surface area contributed by atoms with Crippen molar-refractivity contribution in [3.8, 4) is 6.07 Å². The molecule has 0 radical (unpaired) electrons. The van der Waals surface area contributed by atoms with Gasteiger partial charge in [-0.05, 0) is 29.8 Å². The Morgan fingerprint density at radius 1 is 1.00 bits per heavy atom. The summed E-state index contributed by atoms with van der Waals surface area (Å²) in [6.07, 6.45) is 0. The van der Waals surface area contributed by atoms with Crippen molar-refractivity contribution in [3.05, 3.63) is 72.3 Å². The van der Waals surface area contributed by atoms with Crippen LogP contribution in [-0.2, 0) is 0 Å². The fraction of sp³-hybridized carbons (Fsp3) is 0. The van der Waals surface area contributed by atoms with Gasteiger partial charge in [0.05, 0.1) is 11.6 Å². The lowest BCUT2D eigenvalue weighted by Gasteiger charge is -2.05. The molecule has 0 bridgehead atoms. The van der Waals surface area contributed by atoms with Gasteiger partial charge in [-0.2, -0.15) is 5.26 Å². The first-order chi connectivity index (χ1) is 8.29. The normalized spacial score (nSPS) is 9.59. The summed E-state index contributed by atoms with van der Waals surface area (Å²) in [4.78, 5) is 2.16. The zero-order valence-corrected chi connectivity index (χ0v) is 10.1. The predicted molar refractivity (Wildman–Crippen MR) is 72.5 cm³/mol. The van der Waals surface area contributed by atoms with E-state index < -0.39 is 0 Å². The summed E-state index contributed by atoms with van der Waals surface area (Å²) in [5.74, 6) is 0. The first kappa shape index (κ1) is 11.5. The standard InChI is InChI=1S/C15H11NS/c1-12(17-15-5-3-2-4-6-15)14-9-7-13(11-16)8-10-14/h2-10H,1H2. The van der Waals surface area contributed by atoms with E-state index in [-0.39, 0.29) is 0 Å². The van der Waals surface area contributed by atoms with Gasteiger partial charge in [-0.3, -0.25) is 0 Å². The van der Waals surface area contributed by atoms with Crippen molar-refractivity contribution in [2.24, 2.45) is 0 Å². The van der Waals surface area contributed by atoms with Crippen LogP contribution in [0.3, 0.4) is 0 Å². The molecule has 0 atom stereocenters. The Hall–Kier alpha value is -1.98. The van der Waals surface area contributed by atoms with Crippen LogP contribution in [0.15, 0.2) is 66.1 Å². The number of nitrogens with zero attached hydrogens (tertiary/aromatic N) is 1. The predicted octanol–water partition coefficient (Wildman–Crippen LogP) is 4.32. The lowest BCUT2D eigenvalue weighted by molar-refractivity contribution is 1.47. The van der Waals surface area contributed by atoms with Gasteiger partial charge in [-0.15, -0.1) is 0 Å². The Morgan fingerprint density at radius 2 is 1.65 bits per heavy atom. The SMILES string of the molecule is C=C(Sc1ccccc1)c1ccc(C#N)cc1. The van der Waals surface area contributed by atoms with E-state index in [2.05, 4.69) is 24.8 Å². The molecule has 0 N–H and O–H groups in total. The van der Waals surface area contributed by atoms with Crippen molar-refractivity contribution in [2.45, 2.75) is 4.90 Å². The molecular weight excluding hydrogens is 226 g/mol. The topological polar surface area (TPSA) is 23.8 Å². The molecule has 0 unspecified atom stereocenters. The number of nitriles is 1. The minimum absolute atomic E-state index is 0.672. The number of benzene rings is 2. The van der Waals surface area contributed by atoms with E-state index in [9.17, 15) is 0 Å². The van der Waals surface area contributed by atoms with Gasteiger partial charge in [-0.25, -0.2) is 0 Å².